The van der Waals surface area contributed by atoms with E-state index in [1.54, 1.807) is 0 Å². The minimum Gasteiger partial charge on any atom is -0.336 e. The summed E-state index contributed by atoms with van der Waals surface area (Å²) in [5.41, 5.74) is 3.57. The number of hydrogen-bond acceptors (Lipinski definition) is 3. The summed E-state index contributed by atoms with van der Waals surface area (Å²) in [6.45, 7) is 2.93. The Morgan fingerprint density at radius 3 is 2.68 bits per heavy atom. The van der Waals surface area contributed by atoms with E-state index in [0.717, 1.165) is 25.2 Å². The molecule has 2 bridgehead atoms. The zero-order valence-corrected chi connectivity index (χ0v) is 18.6. The van der Waals surface area contributed by atoms with Crippen LogP contribution in [0.3, 0.4) is 0 Å². The number of aryl methyl sites for hydroxylation is 1. The molecular formula is C25H35N5O. The number of benzene rings is 1. The van der Waals surface area contributed by atoms with E-state index in [4.69, 9.17) is 5.10 Å². The number of urea groups is 1. The molecule has 2 N–H and O–H groups in total. The molecule has 4 heterocycles. The number of amides is 2. The number of nitrogens with zero attached hydrogens (tertiary/aromatic N) is 3. The van der Waals surface area contributed by atoms with Gasteiger partial charge in [-0.3, -0.25) is 9.58 Å². The second kappa shape index (κ2) is 9.03. The Hall–Kier alpha value is -2.34. The summed E-state index contributed by atoms with van der Waals surface area (Å²) < 4.78 is 2.16. The molecule has 31 heavy (non-hydrogen) atoms. The number of anilines is 1. The molecule has 6 nitrogen and oxygen atoms in total. The van der Waals surface area contributed by atoms with Gasteiger partial charge in [0.25, 0.3) is 0 Å². The maximum absolute atomic E-state index is 12.3. The van der Waals surface area contributed by atoms with Gasteiger partial charge in [0, 0.05) is 49.4 Å². The van der Waals surface area contributed by atoms with Gasteiger partial charge in [0.2, 0.25) is 0 Å². The molecule has 1 saturated carbocycles. The topological polar surface area (TPSA) is 62.2 Å². The lowest BCUT2D eigenvalue weighted by Gasteiger charge is -2.49. The zero-order chi connectivity index (χ0) is 21.2. The molecule has 166 valence electrons. The molecule has 3 aliphatic heterocycles. The van der Waals surface area contributed by atoms with Crippen LogP contribution in [0, 0.1) is 5.92 Å². The van der Waals surface area contributed by atoms with Crippen molar-refractivity contribution in [2.75, 3.05) is 25.0 Å². The van der Waals surface area contributed by atoms with Gasteiger partial charge in [-0.1, -0.05) is 37.5 Å². The molecule has 2 aromatic rings. The summed E-state index contributed by atoms with van der Waals surface area (Å²) in [4.78, 5) is 14.9. The molecule has 6 rings (SSSR count). The molecule has 0 spiro atoms. The van der Waals surface area contributed by atoms with Gasteiger partial charge >= 0.3 is 6.03 Å². The van der Waals surface area contributed by atoms with Crippen LogP contribution < -0.4 is 10.6 Å². The van der Waals surface area contributed by atoms with Gasteiger partial charge in [0.15, 0.2) is 0 Å². The third-order valence-corrected chi connectivity index (χ3v) is 7.75. The lowest BCUT2D eigenvalue weighted by Crippen LogP contribution is -2.56. The van der Waals surface area contributed by atoms with Crippen LogP contribution in [-0.4, -0.2) is 46.4 Å². The number of rotatable bonds is 5. The van der Waals surface area contributed by atoms with Gasteiger partial charge in [-0.05, 0) is 56.3 Å². The van der Waals surface area contributed by atoms with Crippen molar-refractivity contribution in [3.8, 4) is 0 Å². The lowest BCUT2D eigenvalue weighted by atomic mass is 9.74. The number of fused-ring (bicyclic) bond motifs is 3. The highest BCUT2D eigenvalue weighted by molar-refractivity contribution is 5.89. The smallest absolute Gasteiger partial charge is 0.319 e. The van der Waals surface area contributed by atoms with Gasteiger partial charge in [0.05, 0.1) is 5.69 Å². The fraction of sp³-hybridized carbons (Fsp3) is 0.600. The highest BCUT2D eigenvalue weighted by atomic mass is 16.2. The normalized spacial score (nSPS) is 28.4. The van der Waals surface area contributed by atoms with Crippen LogP contribution in [0.1, 0.15) is 68.2 Å². The zero-order valence-electron chi connectivity index (χ0n) is 18.6. The number of hydrogen-bond donors (Lipinski definition) is 2. The number of nitrogens with one attached hydrogen (secondary N) is 2. The maximum atomic E-state index is 12.3. The highest BCUT2D eigenvalue weighted by Crippen LogP contribution is 2.42. The Balaban J connectivity index is 1.18. The van der Waals surface area contributed by atoms with Crippen LogP contribution in [-0.2, 0) is 7.05 Å². The molecule has 1 aromatic heterocycles. The SMILES string of the molecule is Cn1nc(C2CCCCC2)cc1C1CN2CCC1CC2CNC(=O)Nc1ccccc1. The Labute approximate surface area is 185 Å². The van der Waals surface area contributed by atoms with Crippen LogP contribution in [0.5, 0.6) is 0 Å². The molecule has 3 saturated heterocycles. The van der Waals surface area contributed by atoms with Crippen LogP contribution in [0.15, 0.2) is 36.4 Å². The third kappa shape index (κ3) is 4.49. The fourth-order valence-corrected chi connectivity index (χ4v) is 6.04. The van der Waals surface area contributed by atoms with Crippen molar-refractivity contribution in [3.63, 3.8) is 0 Å². The molecule has 4 atom stereocenters. The van der Waals surface area contributed by atoms with E-state index in [2.05, 4.69) is 33.3 Å². The van der Waals surface area contributed by atoms with Gasteiger partial charge in [-0.2, -0.15) is 5.10 Å². The third-order valence-electron chi connectivity index (χ3n) is 7.75. The van der Waals surface area contributed by atoms with Crippen LogP contribution in [0.25, 0.3) is 0 Å². The van der Waals surface area contributed by atoms with E-state index in [0.29, 0.717) is 30.3 Å². The van der Waals surface area contributed by atoms with Gasteiger partial charge in [0.1, 0.15) is 0 Å². The monoisotopic (exact) mass is 421 g/mol. The largest absolute Gasteiger partial charge is 0.336 e. The second-order valence-corrected chi connectivity index (χ2v) is 9.69. The molecule has 4 unspecified atom stereocenters. The summed E-state index contributed by atoms with van der Waals surface area (Å²) in [7, 11) is 2.13. The summed E-state index contributed by atoms with van der Waals surface area (Å²) in [6.07, 6.45) is 9.09. The molecular weight excluding hydrogens is 386 g/mol. The van der Waals surface area contributed by atoms with E-state index in [9.17, 15) is 4.79 Å². The van der Waals surface area contributed by atoms with Crippen LogP contribution >= 0.6 is 0 Å². The van der Waals surface area contributed by atoms with E-state index in [1.807, 2.05) is 30.3 Å². The first-order valence-corrected chi connectivity index (χ1v) is 12.0. The Kier molecular flexibility index (Phi) is 5.99. The number of carbonyl (C=O) groups excluding carboxylic acids is 1. The highest BCUT2D eigenvalue weighted by Gasteiger charge is 2.42. The van der Waals surface area contributed by atoms with Crippen molar-refractivity contribution < 1.29 is 4.79 Å². The van der Waals surface area contributed by atoms with Crippen molar-refractivity contribution in [1.82, 2.24) is 20.0 Å². The van der Waals surface area contributed by atoms with E-state index < -0.39 is 0 Å². The summed E-state index contributed by atoms with van der Waals surface area (Å²) in [5, 5.41) is 11.0. The molecule has 6 heteroatoms. The Morgan fingerprint density at radius 1 is 1.13 bits per heavy atom. The van der Waals surface area contributed by atoms with Crippen molar-refractivity contribution in [2.45, 2.75) is 62.8 Å². The molecule has 2 amide bonds. The first-order chi connectivity index (χ1) is 15.2. The second-order valence-electron chi connectivity index (χ2n) is 9.69. The molecule has 4 aliphatic rings. The summed E-state index contributed by atoms with van der Waals surface area (Å²) in [5.74, 6) is 1.91. The first kappa shape index (κ1) is 20.6. The van der Waals surface area contributed by atoms with Crippen LogP contribution in [0.2, 0.25) is 0 Å². The standard InChI is InChI=1S/C25H35N5O/c1-29-24(15-23(28-29)18-8-4-2-5-9-18)22-17-30-13-12-19(22)14-21(30)16-26-25(31)27-20-10-6-3-7-11-20/h3,6-7,10-11,15,18-19,21-22H,2,4-5,8-9,12-14,16-17H2,1H3,(H2,26,27,31). The fourth-order valence-electron chi connectivity index (χ4n) is 6.04. The molecule has 0 radical (unpaired) electrons. The van der Waals surface area contributed by atoms with E-state index in [-0.39, 0.29) is 6.03 Å². The number of para-hydroxylation sites is 1. The predicted molar refractivity (Wildman–Crippen MR) is 123 cm³/mol. The van der Waals surface area contributed by atoms with Gasteiger partial charge in [-0.25, -0.2) is 4.79 Å². The quantitative estimate of drug-likeness (QED) is 0.749. The van der Waals surface area contributed by atoms with Gasteiger partial charge < -0.3 is 10.6 Å². The average Bonchev–Trinajstić information content (AvgIpc) is 3.21. The number of carbonyl (C=O) groups is 1. The summed E-state index contributed by atoms with van der Waals surface area (Å²) in [6, 6.07) is 12.4. The Morgan fingerprint density at radius 2 is 1.94 bits per heavy atom. The maximum Gasteiger partial charge on any atom is 0.319 e. The predicted octanol–water partition coefficient (Wildman–Crippen LogP) is 4.47. The number of aromatic nitrogens is 2. The number of piperidine rings is 3. The molecule has 1 aliphatic carbocycles. The van der Waals surface area contributed by atoms with Gasteiger partial charge in [-0.15, -0.1) is 0 Å². The van der Waals surface area contributed by atoms with E-state index in [1.165, 1.54) is 49.9 Å². The lowest BCUT2D eigenvalue weighted by molar-refractivity contribution is 0.0296. The minimum absolute atomic E-state index is 0.117. The van der Waals surface area contributed by atoms with Crippen molar-refractivity contribution in [2.24, 2.45) is 13.0 Å². The average molecular weight is 422 g/mol. The molecule has 1 aromatic carbocycles. The summed E-state index contributed by atoms with van der Waals surface area (Å²) >= 11 is 0. The van der Waals surface area contributed by atoms with Crippen molar-refractivity contribution >= 4 is 11.7 Å². The first-order valence-electron chi connectivity index (χ1n) is 12.0. The van der Waals surface area contributed by atoms with Crippen LogP contribution in [0.4, 0.5) is 10.5 Å². The molecule has 4 fully saturated rings. The van der Waals surface area contributed by atoms with E-state index >= 15 is 0 Å². The minimum atomic E-state index is -0.117. The Bertz CT molecular complexity index is 889. The van der Waals surface area contributed by atoms with Crippen molar-refractivity contribution in [1.29, 1.82) is 0 Å². The van der Waals surface area contributed by atoms with Crippen molar-refractivity contribution in [3.05, 3.63) is 47.8 Å².